The molecule has 91 heavy (non-hydrogen) atoms. The molecule has 2 aromatic carbocycles. The number of guanidine groups is 1. The number of hydrogen-bond acceptors (Lipinski definition) is 15. The number of carboxylic acids is 1. The summed E-state index contributed by atoms with van der Waals surface area (Å²) in [6.07, 6.45) is 5.64. The first-order chi connectivity index (χ1) is 43.5. The van der Waals surface area contributed by atoms with Crippen LogP contribution in [-0.4, -0.2) is 199 Å². The molecule has 0 saturated carbocycles. The summed E-state index contributed by atoms with van der Waals surface area (Å²) >= 11 is 0. The van der Waals surface area contributed by atoms with Crippen LogP contribution in [0.1, 0.15) is 122 Å². The zero-order valence-electron chi connectivity index (χ0n) is 52.7. The van der Waals surface area contributed by atoms with Crippen LogP contribution in [0.25, 0.3) is 0 Å². The minimum absolute atomic E-state index is 0.00444. The van der Waals surface area contributed by atoms with Crippen molar-refractivity contribution in [2.24, 2.45) is 34.0 Å². The molecule has 0 spiro atoms. The van der Waals surface area contributed by atoms with Crippen molar-refractivity contribution in [2.45, 2.75) is 191 Å². The van der Waals surface area contributed by atoms with E-state index in [4.69, 9.17) is 21.9 Å². The molecule has 3 fully saturated rings. The third kappa shape index (κ3) is 21.0. The topological polar surface area (TPSA) is 421 Å². The number of aromatic amines is 1. The Labute approximate surface area is 530 Å². The Bertz CT molecular complexity index is 2950. The smallest absolute Gasteiger partial charge is 0.326 e. The van der Waals surface area contributed by atoms with Gasteiger partial charge in [-0.05, 0) is 74.3 Å². The van der Waals surface area contributed by atoms with Crippen LogP contribution in [0.2, 0.25) is 0 Å². The summed E-state index contributed by atoms with van der Waals surface area (Å²) in [5.41, 5.74) is 19.3. The number of hydrogen-bond donors (Lipinski definition) is 12. The van der Waals surface area contributed by atoms with Crippen LogP contribution in [-0.2, 0) is 72.1 Å². The molecule has 15 N–H and O–H groups in total. The molecule has 28 nitrogen and oxygen atoms in total. The number of rotatable bonds is 34. The van der Waals surface area contributed by atoms with Crippen molar-refractivity contribution in [3.63, 3.8) is 0 Å². The Morgan fingerprint density at radius 1 is 0.670 bits per heavy atom. The normalized spacial score (nSPS) is 19.5. The van der Waals surface area contributed by atoms with Gasteiger partial charge in [0.05, 0.1) is 31.7 Å². The van der Waals surface area contributed by atoms with Gasteiger partial charge in [0.2, 0.25) is 53.2 Å². The maximum Gasteiger partial charge on any atom is 0.326 e. The number of unbranched alkanes of at least 4 members (excludes halogenated alkanes) is 1. The van der Waals surface area contributed by atoms with Gasteiger partial charge in [-0.25, -0.2) is 9.78 Å². The lowest BCUT2D eigenvalue weighted by atomic mass is 10.0. The van der Waals surface area contributed by atoms with Gasteiger partial charge in [0.1, 0.15) is 54.4 Å². The molecule has 28 heteroatoms. The number of benzene rings is 2. The number of nitrogens with one attached hydrogen (secondary N) is 7. The number of amides is 9. The van der Waals surface area contributed by atoms with Crippen LogP contribution in [0.5, 0.6) is 0 Å². The minimum Gasteiger partial charge on any atom is -0.480 e. The molecule has 0 bridgehead atoms. The molecular formula is C63H93N15O13. The number of imidazole rings is 1. The molecule has 9 amide bonds. The predicted molar refractivity (Wildman–Crippen MR) is 335 cm³/mol. The molecule has 0 unspecified atom stereocenters. The monoisotopic (exact) mass is 1270 g/mol. The summed E-state index contributed by atoms with van der Waals surface area (Å²) < 4.78 is 6.09. The molecule has 3 saturated heterocycles. The molecule has 11 atom stereocenters. The molecule has 1 aromatic heterocycles. The summed E-state index contributed by atoms with van der Waals surface area (Å²) in [6, 6.07) is 5.87. The number of H-pyrrole nitrogens is 1. The molecule has 3 aliphatic heterocycles. The first kappa shape index (κ1) is 71.6. The lowest BCUT2D eigenvalue weighted by Gasteiger charge is -2.33. The second-order valence-electron chi connectivity index (χ2n) is 24.4. The molecular weight excluding hydrogens is 1170 g/mol. The van der Waals surface area contributed by atoms with Crippen molar-refractivity contribution in [3.05, 3.63) is 90.0 Å². The SMILES string of the molecule is CCCC[C@H](N)C(=O)N1CCC[C@H]1C(=O)N[C@@H](CC(C)C)C(=O)N[C@@H](Cc1cnc[nH]1)C(=O)N[C@@H](CO)C(=O)N[C@@H](CCCN=C(N)N)C(=O)N[C@H](C(=O)N1CCC[C@H]1C(=O)N[C@@H](Cc1ccccc1)C(=O)N1C[C@H](OCc2ccccc2)C[C@H]1C(=O)O)C(C)C. The highest BCUT2D eigenvalue weighted by molar-refractivity contribution is 5.99. The largest absolute Gasteiger partial charge is 0.480 e. The van der Waals surface area contributed by atoms with Crippen molar-refractivity contribution in [1.82, 2.24) is 56.6 Å². The lowest BCUT2D eigenvalue weighted by Crippen LogP contribution is -2.61. The van der Waals surface area contributed by atoms with E-state index in [1.54, 1.807) is 44.2 Å². The van der Waals surface area contributed by atoms with Gasteiger partial charge in [-0.15, -0.1) is 0 Å². The zero-order valence-corrected chi connectivity index (χ0v) is 52.7. The number of carbonyl (C=O) groups excluding carboxylic acids is 9. The number of aliphatic hydroxyl groups is 1. The van der Waals surface area contributed by atoms with Crippen LogP contribution < -0.4 is 49.1 Å². The number of nitrogens with zero attached hydrogens (tertiary/aromatic N) is 5. The highest BCUT2D eigenvalue weighted by Gasteiger charge is 2.46. The van der Waals surface area contributed by atoms with Gasteiger partial charge in [-0.3, -0.25) is 48.1 Å². The number of carbonyl (C=O) groups is 10. The predicted octanol–water partition coefficient (Wildman–Crippen LogP) is -0.378. The van der Waals surface area contributed by atoms with E-state index in [9.17, 15) is 58.2 Å². The number of aliphatic hydroxyl groups excluding tert-OH is 1. The second kappa shape index (κ2) is 35.2. The zero-order chi connectivity index (χ0) is 66.3. The summed E-state index contributed by atoms with van der Waals surface area (Å²) in [5, 5.41) is 37.2. The molecule has 4 heterocycles. The Hall–Kier alpha value is -8.50. The van der Waals surface area contributed by atoms with Gasteiger partial charge in [0.25, 0.3) is 0 Å². The van der Waals surface area contributed by atoms with Crippen molar-refractivity contribution >= 4 is 65.1 Å². The van der Waals surface area contributed by atoms with Gasteiger partial charge in [-0.1, -0.05) is 108 Å². The minimum atomic E-state index is -1.72. The van der Waals surface area contributed by atoms with E-state index >= 15 is 0 Å². The van der Waals surface area contributed by atoms with Crippen LogP contribution >= 0.6 is 0 Å². The fourth-order valence-corrected chi connectivity index (χ4v) is 11.6. The highest BCUT2D eigenvalue weighted by Crippen LogP contribution is 2.26. The van der Waals surface area contributed by atoms with E-state index in [0.717, 1.165) is 18.4 Å². The highest BCUT2D eigenvalue weighted by atomic mass is 16.5. The van der Waals surface area contributed by atoms with Crippen LogP contribution in [0.3, 0.4) is 0 Å². The Kier molecular flexibility index (Phi) is 27.7. The van der Waals surface area contributed by atoms with E-state index in [1.165, 1.54) is 27.2 Å². The van der Waals surface area contributed by atoms with Crippen molar-refractivity contribution in [1.29, 1.82) is 0 Å². The quantitative estimate of drug-likeness (QED) is 0.0206. The summed E-state index contributed by atoms with van der Waals surface area (Å²) in [7, 11) is 0. The maximum absolute atomic E-state index is 14.8. The average Bonchev–Trinajstić information content (AvgIpc) is 2.35. The van der Waals surface area contributed by atoms with Crippen molar-refractivity contribution in [3.8, 4) is 0 Å². The third-order valence-corrected chi connectivity index (χ3v) is 16.5. The average molecular weight is 1270 g/mol. The Balaban J connectivity index is 1.15. The molecule has 3 aromatic rings. The van der Waals surface area contributed by atoms with Crippen molar-refractivity contribution < 1.29 is 62.9 Å². The summed E-state index contributed by atoms with van der Waals surface area (Å²) in [5.74, 6) is -8.61. The molecule has 6 rings (SSSR count). The van der Waals surface area contributed by atoms with Gasteiger partial charge < -0.3 is 83.7 Å². The summed E-state index contributed by atoms with van der Waals surface area (Å²) in [6.45, 7) is 8.62. The van der Waals surface area contributed by atoms with E-state index in [-0.39, 0.29) is 89.0 Å². The van der Waals surface area contributed by atoms with Crippen LogP contribution in [0, 0.1) is 11.8 Å². The van der Waals surface area contributed by atoms with E-state index in [0.29, 0.717) is 43.5 Å². The number of carboxylic acid groups (broad SMARTS) is 1. The third-order valence-electron chi connectivity index (χ3n) is 16.5. The van der Waals surface area contributed by atoms with Crippen molar-refractivity contribution in [2.75, 3.05) is 32.8 Å². The van der Waals surface area contributed by atoms with Crippen LogP contribution in [0.4, 0.5) is 0 Å². The Morgan fingerprint density at radius 2 is 1.24 bits per heavy atom. The number of aromatic nitrogens is 2. The first-order valence-electron chi connectivity index (χ1n) is 31.5. The fourth-order valence-electron chi connectivity index (χ4n) is 11.6. The van der Waals surface area contributed by atoms with Gasteiger partial charge >= 0.3 is 5.97 Å². The molecule has 0 radical (unpaired) electrons. The number of aliphatic imine (C=N–C) groups is 1. The van der Waals surface area contributed by atoms with Gasteiger partial charge in [0.15, 0.2) is 5.96 Å². The maximum atomic E-state index is 14.8. The molecule has 3 aliphatic rings. The van der Waals surface area contributed by atoms with E-state index < -0.39 is 132 Å². The first-order valence-corrected chi connectivity index (χ1v) is 31.5. The van der Waals surface area contributed by atoms with E-state index in [1.807, 2.05) is 51.1 Å². The van der Waals surface area contributed by atoms with Crippen LogP contribution in [0.15, 0.2) is 78.2 Å². The molecule has 0 aliphatic carbocycles. The number of ether oxygens (including phenoxy) is 1. The number of likely N-dealkylation sites (tertiary alicyclic amines) is 3. The fraction of sp³-hybridized carbons (Fsp3) is 0.587. The number of nitrogens with two attached hydrogens (primary N) is 3. The lowest BCUT2D eigenvalue weighted by molar-refractivity contribution is -0.150. The second-order valence-corrected chi connectivity index (χ2v) is 24.4. The van der Waals surface area contributed by atoms with E-state index in [2.05, 4.69) is 46.9 Å². The molecule has 498 valence electrons. The van der Waals surface area contributed by atoms with Gasteiger partial charge in [0, 0.05) is 57.3 Å². The standard InChI is InChI=1S/C63H93N15O13/c1-6-7-21-43(64)59(86)76-26-15-23-49(76)57(84)72-45(28-37(2)3)54(81)71-46(30-41-32-67-36-69-41)55(82)74-48(34-79)56(83)70-44(22-14-25-68-63(65)66)53(80)75-52(38(4)5)61(88)77-27-16-24-50(77)58(85)73-47(29-39-17-10-8-11-18-39)60(87)78-33-42(31-51(78)62(89)90)91-35-40-19-12-9-13-20-40/h8-13,17-20,32,36-38,42-52,79H,6-7,14-16,21-31,33-35,64H2,1-5H3,(H,67,69)(H,70,83)(H,71,81)(H,72,84)(H,73,85)(H,74,82)(H,75,80)(H,89,90)(H4,65,66,68)/t42-,43+,44+,45+,46+,47+,48+,49+,50+,51+,52+/m1/s1. The summed E-state index contributed by atoms with van der Waals surface area (Å²) in [4.78, 5) is 156. The Morgan fingerprint density at radius 3 is 1.81 bits per heavy atom. The van der Waals surface area contributed by atoms with Gasteiger partial charge in [-0.2, -0.15) is 0 Å². The number of aliphatic carboxylic acids is 1.